The second-order valence-electron chi connectivity index (χ2n) is 5.93. The number of amides is 1. The molecule has 122 valence electrons. The summed E-state index contributed by atoms with van der Waals surface area (Å²) in [5, 5.41) is 22.0. The molecule has 23 heavy (non-hydrogen) atoms. The topological polar surface area (TPSA) is 72.8 Å². The van der Waals surface area contributed by atoms with Crippen LogP contribution >= 0.6 is 0 Å². The van der Waals surface area contributed by atoms with Crippen LogP contribution in [0.5, 0.6) is 5.75 Å². The summed E-state index contributed by atoms with van der Waals surface area (Å²) in [6.07, 6.45) is 0. The highest BCUT2D eigenvalue weighted by molar-refractivity contribution is 5.95. The SMILES string of the molecule is CN(C)c1ccc(C(=O)NC(C)(CO)c2ccc(O)cc2)cc1. The summed E-state index contributed by atoms with van der Waals surface area (Å²) < 4.78 is 0. The fourth-order valence-electron chi connectivity index (χ4n) is 2.27. The van der Waals surface area contributed by atoms with Gasteiger partial charge in [0.15, 0.2) is 0 Å². The smallest absolute Gasteiger partial charge is 0.252 e. The molecule has 0 fully saturated rings. The van der Waals surface area contributed by atoms with Crippen LogP contribution in [0, 0.1) is 0 Å². The molecule has 0 bridgehead atoms. The molecule has 5 nitrogen and oxygen atoms in total. The van der Waals surface area contributed by atoms with E-state index in [2.05, 4.69) is 5.32 Å². The normalized spacial score (nSPS) is 13.2. The lowest BCUT2D eigenvalue weighted by molar-refractivity contribution is 0.0849. The summed E-state index contributed by atoms with van der Waals surface area (Å²) in [7, 11) is 3.87. The minimum Gasteiger partial charge on any atom is -0.508 e. The number of phenols is 1. The summed E-state index contributed by atoms with van der Waals surface area (Å²) in [5.41, 5.74) is 1.32. The summed E-state index contributed by atoms with van der Waals surface area (Å²) in [4.78, 5) is 14.4. The van der Waals surface area contributed by atoms with Gasteiger partial charge in [0.2, 0.25) is 0 Å². The van der Waals surface area contributed by atoms with Gasteiger partial charge in [-0.25, -0.2) is 0 Å². The van der Waals surface area contributed by atoms with E-state index >= 15 is 0 Å². The van der Waals surface area contributed by atoms with Gasteiger partial charge in [-0.15, -0.1) is 0 Å². The van der Waals surface area contributed by atoms with Gasteiger partial charge in [-0.05, 0) is 48.9 Å². The average Bonchev–Trinajstić information content (AvgIpc) is 2.55. The molecule has 1 unspecified atom stereocenters. The number of carbonyl (C=O) groups excluding carboxylic acids is 1. The number of carbonyl (C=O) groups is 1. The first kappa shape index (κ1) is 16.8. The highest BCUT2D eigenvalue weighted by atomic mass is 16.3. The zero-order chi connectivity index (χ0) is 17.0. The monoisotopic (exact) mass is 314 g/mol. The predicted octanol–water partition coefficient (Wildman–Crippen LogP) is 2.10. The first-order valence-corrected chi connectivity index (χ1v) is 7.36. The van der Waals surface area contributed by atoms with Crippen LogP contribution in [0.15, 0.2) is 48.5 Å². The number of nitrogens with one attached hydrogen (secondary N) is 1. The molecule has 0 aromatic heterocycles. The van der Waals surface area contributed by atoms with Gasteiger partial charge in [0, 0.05) is 25.3 Å². The Morgan fingerprint density at radius 1 is 1.09 bits per heavy atom. The van der Waals surface area contributed by atoms with Crippen molar-refractivity contribution in [3.8, 4) is 5.75 Å². The Hall–Kier alpha value is -2.53. The molecule has 5 heteroatoms. The van der Waals surface area contributed by atoms with E-state index in [9.17, 15) is 15.0 Å². The van der Waals surface area contributed by atoms with Crippen LogP contribution in [0.25, 0.3) is 0 Å². The average molecular weight is 314 g/mol. The maximum absolute atomic E-state index is 12.5. The number of nitrogens with zero attached hydrogens (tertiary/aromatic N) is 1. The van der Waals surface area contributed by atoms with E-state index in [1.54, 1.807) is 31.2 Å². The minimum atomic E-state index is -0.926. The van der Waals surface area contributed by atoms with Crippen molar-refractivity contribution in [2.45, 2.75) is 12.5 Å². The number of rotatable bonds is 5. The maximum atomic E-state index is 12.5. The van der Waals surface area contributed by atoms with Gasteiger partial charge in [-0.2, -0.15) is 0 Å². The van der Waals surface area contributed by atoms with Gasteiger partial charge < -0.3 is 20.4 Å². The van der Waals surface area contributed by atoms with E-state index in [0.717, 1.165) is 11.3 Å². The quantitative estimate of drug-likeness (QED) is 0.790. The lowest BCUT2D eigenvalue weighted by Gasteiger charge is -2.29. The Kier molecular flexibility index (Phi) is 4.91. The Morgan fingerprint density at radius 2 is 1.65 bits per heavy atom. The second-order valence-corrected chi connectivity index (χ2v) is 5.93. The lowest BCUT2D eigenvalue weighted by Crippen LogP contribution is -2.46. The third kappa shape index (κ3) is 3.81. The zero-order valence-electron chi connectivity index (χ0n) is 13.6. The number of anilines is 1. The van der Waals surface area contributed by atoms with E-state index in [0.29, 0.717) is 5.56 Å². The van der Waals surface area contributed by atoms with Gasteiger partial charge in [0.05, 0.1) is 12.1 Å². The van der Waals surface area contributed by atoms with Crippen LogP contribution in [-0.2, 0) is 5.54 Å². The van der Waals surface area contributed by atoms with Gasteiger partial charge in [0.1, 0.15) is 5.75 Å². The number of aliphatic hydroxyl groups is 1. The molecule has 2 aromatic carbocycles. The van der Waals surface area contributed by atoms with Gasteiger partial charge in [0.25, 0.3) is 5.91 Å². The van der Waals surface area contributed by atoms with Crippen LogP contribution in [0.1, 0.15) is 22.8 Å². The zero-order valence-corrected chi connectivity index (χ0v) is 13.6. The highest BCUT2D eigenvalue weighted by Crippen LogP contribution is 2.23. The van der Waals surface area contributed by atoms with Crippen molar-refractivity contribution in [2.24, 2.45) is 0 Å². The van der Waals surface area contributed by atoms with E-state index in [1.807, 2.05) is 31.1 Å². The summed E-state index contributed by atoms with van der Waals surface area (Å²) in [6.45, 7) is 1.49. The number of phenolic OH excluding ortho intramolecular Hbond substituents is 1. The number of aromatic hydroxyl groups is 1. The first-order valence-electron chi connectivity index (χ1n) is 7.36. The van der Waals surface area contributed by atoms with E-state index in [1.165, 1.54) is 12.1 Å². The van der Waals surface area contributed by atoms with Crippen molar-refractivity contribution < 1.29 is 15.0 Å². The summed E-state index contributed by atoms with van der Waals surface area (Å²) in [5.74, 6) is -0.125. The molecule has 2 aromatic rings. The lowest BCUT2D eigenvalue weighted by atomic mass is 9.92. The summed E-state index contributed by atoms with van der Waals surface area (Å²) >= 11 is 0. The molecular formula is C18H22N2O3. The van der Waals surface area contributed by atoms with Crippen molar-refractivity contribution in [3.63, 3.8) is 0 Å². The standard InChI is InChI=1S/C18H22N2O3/c1-18(12-21,14-6-10-16(22)11-7-14)19-17(23)13-4-8-15(9-5-13)20(2)3/h4-11,21-22H,12H2,1-3H3,(H,19,23). The number of hydrogen-bond donors (Lipinski definition) is 3. The van der Waals surface area contributed by atoms with Crippen molar-refractivity contribution >= 4 is 11.6 Å². The van der Waals surface area contributed by atoms with Crippen molar-refractivity contribution in [3.05, 3.63) is 59.7 Å². The molecule has 0 aliphatic rings. The van der Waals surface area contributed by atoms with E-state index < -0.39 is 5.54 Å². The third-order valence-electron chi connectivity index (χ3n) is 3.86. The highest BCUT2D eigenvalue weighted by Gasteiger charge is 2.28. The molecular weight excluding hydrogens is 292 g/mol. The van der Waals surface area contributed by atoms with Gasteiger partial charge in [-0.1, -0.05) is 12.1 Å². The first-order chi connectivity index (χ1) is 10.9. The van der Waals surface area contributed by atoms with E-state index in [-0.39, 0.29) is 18.3 Å². The largest absolute Gasteiger partial charge is 0.508 e. The fourth-order valence-corrected chi connectivity index (χ4v) is 2.27. The van der Waals surface area contributed by atoms with Gasteiger partial charge in [-0.3, -0.25) is 4.79 Å². The third-order valence-corrected chi connectivity index (χ3v) is 3.86. The molecule has 0 aliphatic heterocycles. The molecule has 0 aliphatic carbocycles. The van der Waals surface area contributed by atoms with Crippen LogP contribution in [-0.4, -0.2) is 36.8 Å². The van der Waals surface area contributed by atoms with Crippen molar-refractivity contribution in [2.75, 3.05) is 25.6 Å². The molecule has 1 atom stereocenters. The second kappa shape index (κ2) is 6.71. The van der Waals surface area contributed by atoms with Crippen molar-refractivity contribution in [1.29, 1.82) is 0 Å². The molecule has 0 spiro atoms. The van der Waals surface area contributed by atoms with Crippen LogP contribution in [0.3, 0.4) is 0 Å². The number of aliphatic hydroxyl groups excluding tert-OH is 1. The molecule has 0 heterocycles. The van der Waals surface area contributed by atoms with Crippen LogP contribution in [0.4, 0.5) is 5.69 Å². The Labute approximate surface area is 136 Å². The predicted molar refractivity (Wildman–Crippen MR) is 90.8 cm³/mol. The van der Waals surface area contributed by atoms with E-state index in [4.69, 9.17) is 0 Å². The fraction of sp³-hybridized carbons (Fsp3) is 0.278. The summed E-state index contributed by atoms with van der Waals surface area (Å²) in [6, 6.07) is 13.7. The molecule has 0 radical (unpaired) electrons. The Balaban J connectivity index is 2.20. The molecule has 1 amide bonds. The van der Waals surface area contributed by atoms with Crippen LogP contribution < -0.4 is 10.2 Å². The molecule has 0 saturated heterocycles. The molecule has 2 rings (SSSR count). The Morgan fingerprint density at radius 3 is 2.13 bits per heavy atom. The maximum Gasteiger partial charge on any atom is 0.252 e. The number of benzene rings is 2. The Bertz CT molecular complexity index is 666. The minimum absolute atomic E-state index is 0.139. The van der Waals surface area contributed by atoms with Crippen molar-refractivity contribution in [1.82, 2.24) is 5.32 Å². The van der Waals surface area contributed by atoms with Gasteiger partial charge >= 0.3 is 0 Å². The van der Waals surface area contributed by atoms with Crippen LogP contribution in [0.2, 0.25) is 0 Å². The molecule has 3 N–H and O–H groups in total. The molecule has 0 saturated carbocycles. The number of hydrogen-bond acceptors (Lipinski definition) is 4.